The number of nitro groups is 1. The van der Waals surface area contributed by atoms with Crippen LogP contribution < -0.4 is 4.74 Å². The van der Waals surface area contributed by atoms with Crippen molar-refractivity contribution in [1.29, 1.82) is 0 Å². The lowest BCUT2D eigenvalue weighted by Crippen LogP contribution is -2.30. The molecule has 1 aliphatic heterocycles. The van der Waals surface area contributed by atoms with E-state index in [9.17, 15) is 10.1 Å². The molecule has 2 rings (SSSR count). The van der Waals surface area contributed by atoms with Crippen LogP contribution in [0.5, 0.6) is 5.88 Å². The SMILES string of the molecule is CN1CCC(CCOc2ncc([N+](=O)[O-])cc2Cl)CC1. The Morgan fingerprint density at radius 3 is 2.85 bits per heavy atom. The van der Waals surface area contributed by atoms with E-state index in [0.717, 1.165) is 25.7 Å². The highest BCUT2D eigenvalue weighted by atomic mass is 35.5. The summed E-state index contributed by atoms with van der Waals surface area (Å²) in [5.41, 5.74) is -0.127. The third-order valence-corrected chi connectivity index (χ3v) is 3.88. The van der Waals surface area contributed by atoms with Gasteiger partial charge in [0.25, 0.3) is 5.69 Å². The summed E-state index contributed by atoms with van der Waals surface area (Å²) in [5.74, 6) is 0.938. The van der Waals surface area contributed by atoms with Gasteiger partial charge in [-0.3, -0.25) is 10.1 Å². The van der Waals surface area contributed by atoms with E-state index in [4.69, 9.17) is 16.3 Å². The third kappa shape index (κ3) is 4.05. The number of hydrogen-bond donors (Lipinski definition) is 0. The molecule has 2 heterocycles. The van der Waals surface area contributed by atoms with Gasteiger partial charge < -0.3 is 9.64 Å². The minimum absolute atomic E-state index is 0.127. The van der Waals surface area contributed by atoms with E-state index in [1.807, 2.05) is 0 Å². The zero-order valence-electron chi connectivity index (χ0n) is 11.4. The van der Waals surface area contributed by atoms with Crippen LogP contribution in [0.2, 0.25) is 5.02 Å². The fraction of sp³-hybridized carbons (Fsp3) is 0.615. The van der Waals surface area contributed by atoms with Crippen molar-refractivity contribution in [2.75, 3.05) is 26.7 Å². The zero-order chi connectivity index (χ0) is 14.5. The molecule has 20 heavy (non-hydrogen) atoms. The maximum absolute atomic E-state index is 10.6. The zero-order valence-corrected chi connectivity index (χ0v) is 12.2. The van der Waals surface area contributed by atoms with Gasteiger partial charge in [-0.1, -0.05) is 11.6 Å². The molecule has 0 aromatic carbocycles. The van der Waals surface area contributed by atoms with Gasteiger partial charge in [-0.05, 0) is 45.3 Å². The number of ether oxygens (including phenoxy) is 1. The van der Waals surface area contributed by atoms with Gasteiger partial charge in [0.15, 0.2) is 0 Å². The van der Waals surface area contributed by atoms with Gasteiger partial charge in [-0.15, -0.1) is 0 Å². The Kier molecular flexibility index (Phi) is 5.14. The van der Waals surface area contributed by atoms with E-state index in [2.05, 4.69) is 16.9 Å². The fourth-order valence-electron chi connectivity index (χ4n) is 2.29. The average molecular weight is 300 g/mol. The Hall–Kier alpha value is -1.40. The summed E-state index contributed by atoms with van der Waals surface area (Å²) in [6.07, 6.45) is 4.49. The molecule has 110 valence electrons. The maximum Gasteiger partial charge on any atom is 0.289 e. The standard InChI is InChI=1S/C13H18ClN3O3/c1-16-5-2-10(3-6-16)4-7-20-13-12(14)8-11(9-15-13)17(18)19/h8-10H,2-7H2,1H3. The molecule has 0 spiro atoms. The summed E-state index contributed by atoms with van der Waals surface area (Å²) in [4.78, 5) is 16.3. The van der Waals surface area contributed by atoms with Crippen molar-refractivity contribution in [1.82, 2.24) is 9.88 Å². The van der Waals surface area contributed by atoms with Crippen LogP contribution in [0.3, 0.4) is 0 Å². The van der Waals surface area contributed by atoms with Crippen molar-refractivity contribution in [3.8, 4) is 5.88 Å². The Balaban J connectivity index is 1.81. The number of nitrogens with zero attached hydrogens (tertiary/aromatic N) is 3. The second-order valence-electron chi connectivity index (χ2n) is 5.12. The second kappa shape index (κ2) is 6.85. The first kappa shape index (κ1) is 15.0. The monoisotopic (exact) mass is 299 g/mol. The Labute approximate surface area is 122 Å². The second-order valence-corrected chi connectivity index (χ2v) is 5.53. The maximum atomic E-state index is 10.6. The predicted octanol–water partition coefficient (Wildman–Crippen LogP) is 2.75. The molecule has 0 saturated carbocycles. The minimum atomic E-state index is -0.527. The van der Waals surface area contributed by atoms with Crippen LogP contribution in [0, 0.1) is 16.0 Å². The van der Waals surface area contributed by atoms with Crippen LogP contribution in [-0.2, 0) is 0 Å². The molecule has 1 aromatic rings. The first-order valence-corrected chi connectivity index (χ1v) is 7.05. The van der Waals surface area contributed by atoms with E-state index >= 15 is 0 Å². The number of rotatable bonds is 5. The van der Waals surface area contributed by atoms with Crippen LogP contribution in [0.4, 0.5) is 5.69 Å². The lowest BCUT2D eigenvalue weighted by atomic mass is 9.94. The van der Waals surface area contributed by atoms with Crippen molar-refractivity contribution in [3.05, 3.63) is 27.4 Å². The molecule has 1 saturated heterocycles. The molecule has 1 fully saturated rings. The molecular weight excluding hydrogens is 282 g/mol. The van der Waals surface area contributed by atoms with E-state index in [-0.39, 0.29) is 16.6 Å². The minimum Gasteiger partial charge on any atom is -0.477 e. The smallest absolute Gasteiger partial charge is 0.289 e. The lowest BCUT2D eigenvalue weighted by Gasteiger charge is -2.28. The van der Waals surface area contributed by atoms with Gasteiger partial charge in [-0.2, -0.15) is 0 Å². The van der Waals surface area contributed by atoms with Gasteiger partial charge in [0.1, 0.15) is 11.2 Å². The summed E-state index contributed by atoms with van der Waals surface area (Å²) in [6, 6.07) is 1.26. The van der Waals surface area contributed by atoms with Gasteiger partial charge in [0, 0.05) is 6.07 Å². The van der Waals surface area contributed by atoms with Crippen LogP contribution >= 0.6 is 11.6 Å². The van der Waals surface area contributed by atoms with Crippen molar-refractivity contribution in [2.45, 2.75) is 19.3 Å². The van der Waals surface area contributed by atoms with E-state index in [0.29, 0.717) is 12.5 Å². The fourth-order valence-corrected chi connectivity index (χ4v) is 2.51. The predicted molar refractivity (Wildman–Crippen MR) is 76.2 cm³/mol. The summed E-state index contributed by atoms with van der Waals surface area (Å²) in [5, 5.41) is 10.8. The largest absolute Gasteiger partial charge is 0.477 e. The van der Waals surface area contributed by atoms with E-state index in [1.165, 1.54) is 18.9 Å². The molecule has 7 heteroatoms. The number of aromatic nitrogens is 1. The topological polar surface area (TPSA) is 68.5 Å². The highest BCUT2D eigenvalue weighted by Gasteiger charge is 2.17. The number of piperidine rings is 1. The molecular formula is C13H18ClN3O3. The molecule has 0 amide bonds. The number of likely N-dealkylation sites (tertiary alicyclic amines) is 1. The van der Waals surface area contributed by atoms with E-state index in [1.54, 1.807) is 0 Å². The molecule has 0 atom stereocenters. The number of halogens is 1. The Morgan fingerprint density at radius 2 is 2.25 bits per heavy atom. The van der Waals surface area contributed by atoms with Gasteiger partial charge in [0.05, 0.1) is 11.5 Å². The first-order valence-electron chi connectivity index (χ1n) is 6.67. The van der Waals surface area contributed by atoms with Crippen molar-refractivity contribution >= 4 is 17.3 Å². The van der Waals surface area contributed by atoms with Crippen LogP contribution in [0.1, 0.15) is 19.3 Å². The molecule has 0 aliphatic carbocycles. The summed E-state index contributed by atoms with van der Waals surface area (Å²) >= 11 is 5.92. The number of hydrogen-bond acceptors (Lipinski definition) is 5. The molecule has 1 aromatic heterocycles. The quantitative estimate of drug-likeness (QED) is 0.617. The highest BCUT2D eigenvalue weighted by Crippen LogP contribution is 2.26. The molecule has 0 N–H and O–H groups in total. The molecule has 0 unspecified atom stereocenters. The molecule has 1 aliphatic rings. The van der Waals surface area contributed by atoms with Crippen LogP contribution in [-0.4, -0.2) is 41.6 Å². The third-order valence-electron chi connectivity index (χ3n) is 3.61. The van der Waals surface area contributed by atoms with Crippen molar-refractivity contribution < 1.29 is 9.66 Å². The lowest BCUT2D eigenvalue weighted by molar-refractivity contribution is -0.385. The number of pyridine rings is 1. The average Bonchev–Trinajstić information content (AvgIpc) is 2.42. The molecule has 0 bridgehead atoms. The van der Waals surface area contributed by atoms with Crippen LogP contribution in [0.15, 0.2) is 12.3 Å². The molecule has 6 nitrogen and oxygen atoms in total. The summed E-state index contributed by atoms with van der Waals surface area (Å²) < 4.78 is 5.52. The van der Waals surface area contributed by atoms with Crippen molar-refractivity contribution in [3.63, 3.8) is 0 Å². The van der Waals surface area contributed by atoms with Gasteiger partial charge >= 0.3 is 0 Å². The molecule has 0 radical (unpaired) electrons. The highest BCUT2D eigenvalue weighted by molar-refractivity contribution is 6.32. The van der Waals surface area contributed by atoms with Gasteiger partial charge in [-0.25, -0.2) is 4.98 Å². The summed E-state index contributed by atoms with van der Waals surface area (Å²) in [7, 11) is 2.13. The van der Waals surface area contributed by atoms with Crippen molar-refractivity contribution in [2.24, 2.45) is 5.92 Å². The Morgan fingerprint density at radius 1 is 1.55 bits per heavy atom. The first-order chi connectivity index (χ1) is 9.56. The van der Waals surface area contributed by atoms with Gasteiger partial charge in [0.2, 0.25) is 5.88 Å². The summed E-state index contributed by atoms with van der Waals surface area (Å²) in [6.45, 7) is 2.79. The Bertz CT molecular complexity index is 476. The van der Waals surface area contributed by atoms with E-state index < -0.39 is 4.92 Å². The normalized spacial score (nSPS) is 17.1. The van der Waals surface area contributed by atoms with Crippen LogP contribution in [0.25, 0.3) is 0 Å².